The van der Waals surface area contributed by atoms with Crippen molar-refractivity contribution in [3.63, 3.8) is 0 Å². The van der Waals surface area contributed by atoms with E-state index < -0.39 is 32.7 Å². The van der Waals surface area contributed by atoms with Gasteiger partial charge in [0.1, 0.15) is 16.8 Å². The minimum Gasteiger partial charge on any atom is -0.508 e. The zero-order chi connectivity index (χ0) is 19.3. The Kier molecular flexibility index (Phi) is 5.99. The summed E-state index contributed by atoms with van der Waals surface area (Å²) in [7, 11) is -3.99. The number of nitrogens with one attached hydrogen (secondary N) is 2. The van der Waals surface area contributed by atoms with Gasteiger partial charge in [0.25, 0.3) is 0 Å². The molecular formula is C18H20N2O5S. The van der Waals surface area contributed by atoms with E-state index in [2.05, 4.69) is 10.6 Å². The predicted molar refractivity (Wildman–Crippen MR) is 99.8 cm³/mol. The molecule has 0 fully saturated rings. The monoisotopic (exact) mass is 376 g/mol. The Morgan fingerprint density at radius 3 is 2.31 bits per heavy atom. The maximum Gasteiger partial charge on any atom is 0.242 e. The Balaban J connectivity index is 1.99. The number of sulfone groups is 1. The topological polar surface area (TPSA) is 113 Å². The van der Waals surface area contributed by atoms with Crippen LogP contribution in [-0.2, 0) is 19.4 Å². The van der Waals surface area contributed by atoms with E-state index in [9.17, 15) is 23.1 Å². The van der Waals surface area contributed by atoms with Crippen LogP contribution in [0.25, 0.3) is 0 Å². The van der Waals surface area contributed by atoms with Gasteiger partial charge < -0.3 is 15.7 Å². The molecule has 0 heterocycles. The molecule has 2 amide bonds. The molecule has 2 aromatic carbocycles. The van der Waals surface area contributed by atoms with Crippen LogP contribution in [0.5, 0.6) is 5.75 Å². The Labute approximate surface area is 152 Å². The number of phenolic OH excluding ortho intramolecular Hbond substituents is 1. The molecule has 0 saturated carbocycles. The van der Waals surface area contributed by atoms with Gasteiger partial charge >= 0.3 is 0 Å². The molecule has 138 valence electrons. The number of amides is 2. The minimum absolute atomic E-state index is 0.0245. The normalized spacial score (nSPS) is 12.2. The van der Waals surface area contributed by atoms with Crippen molar-refractivity contribution in [2.75, 3.05) is 16.4 Å². The second-order valence-electron chi connectivity index (χ2n) is 5.90. The number of rotatable bonds is 6. The predicted octanol–water partition coefficient (Wildman–Crippen LogP) is 2.08. The Hall–Kier alpha value is -2.87. The van der Waals surface area contributed by atoms with Crippen molar-refractivity contribution in [3.8, 4) is 5.75 Å². The fourth-order valence-corrected chi connectivity index (χ4v) is 3.25. The molecule has 0 aromatic heterocycles. The zero-order valence-corrected chi connectivity index (χ0v) is 15.2. The van der Waals surface area contributed by atoms with Gasteiger partial charge in [0.05, 0.1) is 0 Å². The number of aromatic hydroxyl groups is 1. The number of hydrogen-bond donors (Lipinski definition) is 3. The van der Waals surface area contributed by atoms with Crippen molar-refractivity contribution in [2.24, 2.45) is 0 Å². The molecule has 0 aliphatic rings. The van der Waals surface area contributed by atoms with Gasteiger partial charge in [0.15, 0.2) is 9.84 Å². The van der Waals surface area contributed by atoms with Crippen LogP contribution in [0.2, 0.25) is 0 Å². The third kappa shape index (κ3) is 5.32. The number of hydrogen-bond acceptors (Lipinski definition) is 5. The number of anilines is 2. The lowest BCUT2D eigenvalue weighted by Gasteiger charge is -2.13. The number of phenols is 1. The first-order valence-electron chi connectivity index (χ1n) is 7.85. The van der Waals surface area contributed by atoms with Crippen LogP contribution in [0.3, 0.4) is 0 Å². The quantitative estimate of drug-likeness (QED) is 0.668. The smallest absolute Gasteiger partial charge is 0.242 e. The standard InChI is InChI=1S/C18H20N2O5S/c1-12-4-3-5-15(10-12)19-17(22)11-26(24,25)13(2)18(23)20-14-6-8-16(21)9-7-14/h3-10,13,21H,11H2,1-2H3,(H,19,22)(H,20,23). The van der Waals surface area contributed by atoms with E-state index in [0.717, 1.165) is 5.56 Å². The van der Waals surface area contributed by atoms with Crippen LogP contribution in [0.15, 0.2) is 48.5 Å². The van der Waals surface area contributed by atoms with Crippen molar-refractivity contribution in [2.45, 2.75) is 19.1 Å². The lowest BCUT2D eigenvalue weighted by atomic mass is 10.2. The lowest BCUT2D eigenvalue weighted by molar-refractivity contribution is -0.115. The summed E-state index contributed by atoms with van der Waals surface area (Å²) in [5, 5.41) is 12.8. The van der Waals surface area contributed by atoms with Crippen molar-refractivity contribution >= 4 is 33.0 Å². The van der Waals surface area contributed by atoms with Gasteiger partial charge in [0, 0.05) is 11.4 Å². The first-order valence-corrected chi connectivity index (χ1v) is 9.57. The third-order valence-electron chi connectivity index (χ3n) is 3.68. The molecule has 0 radical (unpaired) electrons. The van der Waals surface area contributed by atoms with Crippen molar-refractivity contribution < 1.29 is 23.1 Å². The first-order chi connectivity index (χ1) is 12.2. The summed E-state index contributed by atoms with van der Waals surface area (Å²) in [5.41, 5.74) is 1.76. The van der Waals surface area contributed by atoms with E-state index >= 15 is 0 Å². The summed E-state index contributed by atoms with van der Waals surface area (Å²) in [6.07, 6.45) is 0. The minimum atomic E-state index is -3.99. The van der Waals surface area contributed by atoms with Gasteiger partial charge in [-0.2, -0.15) is 0 Å². The summed E-state index contributed by atoms with van der Waals surface area (Å²) >= 11 is 0. The van der Waals surface area contributed by atoms with Crippen LogP contribution in [0.4, 0.5) is 11.4 Å². The Bertz CT molecular complexity index is 907. The Morgan fingerprint density at radius 1 is 1.04 bits per heavy atom. The molecule has 7 nitrogen and oxygen atoms in total. The zero-order valence-electron chi connectivity index (χ0n) is 14.4. The van der Waals surface area contributed by atoms with Gasteiger partial charge in [-0.3, -0.25) is 9.59 Å². The molecule has 0 aliphatic carbocycles. The van der Waals surface area contributed by atoms with Crippen molar-refractivity contribution in [1.82, 2.24) is 0 Å². The molecule has 2 aromatic rings. The highest BCUT2D eigenvalue weighted by Crippen LogP contribution is 2.15. The maximum atomic E-state index is 12.3. The van der Waals surface area contributed by atoms with E-state index in [1.165, 1.54) is 31.2 Å². The fraction of sp³-hybridized carbons (Fsp3) is 0.222. The van der Waals surface area contributed by atoms with E-state index in [1.54, 1.807) is 18.2 Å². The molecule has 1 unspecified atom stereocenters. The van der Waals surface area contributed by atoms with Crippen molar-refractivity contribution in [3.05, 3.63) is 54.1 Å². The SMILES string of the molecule is Cc1cccc(NC(=O)CS(=O)(=O)C(C)C(=O)Nc2ccc(O)cc2)c1. The van der Waals surface area contributed by atoms with Gasteiger partial charge in [-0.25, -0.2) is 8.42 Å². The first kappa shape index (κ1) is 19.5. The van der Waals surface area contributed by atoms with Gasteiger partial charge in [0.2, 0.25) is 11.8 Å². The highest BCUT2D eigenvalue weighted by atomic mass is 32.2. The average Bonchev–Trinajstić information content (AvgIpc) is 2.55. The molecule has 0 bridgehead atoms. The largest absolute Gasteiger partial charge is 0.508 e. The van der Waals surface area contributed by atoms with Crippen LogP contribution in [0, 0.1) is 6.92 Å². The molecule has 0 spiro atoms. The summed E-state index contributed by atoms with van der Waals surface area (Å²) in [6.45, 7) is 3.08. The third-order valence-corrected chi connectivity index (χ3v) is 5.63. The molecular weight excluding hydrogens is 356 g/mol. The summed E-state index contributed by atoms with van der Waals surface area (Å²) in [6, 6.07) is 12.6. The van der Waals surface area contributed by atoms with E-state index in [1.807, 2.05) is 13.0 Å². The molecule has 2 rings (SSSR count). The summed E-state index contributed by atoms with van der Waals surface area (Å²) < 4.78 is 24.6. The van der Waals surface area contributed by atoms with Crippen molar-refractivity contribution in [1.29, 1.82) is 0 Å². The molecule has 26 heavy (non-hydrogen) atoms. The maximum absolute atomic E-state index is 12.3. The molecule has 8 heteroatoms. The van der Waals surface area contributed by atoms with Gasteiger partial charge in [-0.1, -0.05) is 12.1 Å². The molecule has 1 atom stereocenters. The highest BCUT2D eigenvalue weighted by Gasteiger charge is 2.30. The second kappa shape index (κ2) is 8.01. The van der Waals surface area contributed by atoms with Crippen LogP contribution >= 0.6 is 0 Å². The van der Waals surface area contributed by atoms with Crippen LogP contribution < -0.4 is 10.6 Å². The number of benzene rings is 2. The van der Waals surface area contributed by atoms with E-state index in [0.29, 0.717) is 11.4 Å². The summed E-state index contributed by atoms with van der Waals surface area (Å²) in [4.78, 5) is 24.2. The fourth-order valence-electron chi connectivity index (χ4n) is 2.18. The summed E-state index contributed by atoms with van der Waals surface area (Å²) in [5.74, 6) is -2.24. The highest BCUT2D eigenvalue weighted by molar-refractivity contribution is 7.93. The number of carbonyl (C=O) groups is 2. The molecule has 0 aliphatic heterocycles. The molecule has 3 N–H and O–H groups in total. The molecule has 0 saturated heterocycles. The average molecular weight is 376 g/mol. The van der Waals surface area contributed by atoms with Gasteiger partial charge in [-0.15, -0.1) is 0 Å². The lowest BCUT2D eigenvalue weighted by Crippen LogP contribution is -2.37. The number of carbonyl (C=O) groups excluding carboxylic acids is 2. The van der Waals surface area contributed by atoms with Gasteiger partial charge in [-0.05, 0) is 55.8 Å². The second-order valence-corrected chi connectivity index (χ2v) is 8.22. The Morgan fingerprint density at radius 2 is 1.69 bits per heavy atom. The van der Waals surface area contributed by atoms with E-state index in [-0.39, 0.29) is 5.75 Å². The van der Waals surface area contributed by atoms with Crippen LogP contribution in [-0.4, -0.2) is 36.3 Å². The number of aryl methyl sites for hydroxylation is 1. The van der Waals surface area contributed by atoms with E-state index in [4.69, 9.17) is 0 Å². The van der Waals surface area contributed by atoms with Crippen LogP contribution in [0.1, 0.15) is 12.5 Å².